The molecule has 3 aromatic rings. The van der Waals surface area contributed by atoms with Crippen molar-refractivity contribution in [3.05, 3.63) is 60.3 Å². The molecule has 0 aliphatic carbocycles. The predicted molar refractivity (Wildman–Crippen MR) is 88.0 cm³/mol. The van der Waals surface area contributed by atoms with Crippen LogP contribution in [0.25, 0.3) is 10.8 Å². The number of aromatic nitrogens is 2. The Morgan fingerprint density at radius 2 is 1.54 bits per heavy atom. The normalized spacial score (nSPS) is 11.5. The molecule has 124 valence electrons. The molecule has 0 saturated carbocycles. The van der Waals surface area contributed by atoms with Crippen LogP contribution in [0.5, 0.6) is 0 Å². The zero-order chi connectivity index (χ0) is 17.0. The van der Waals surface area contributed by atoms with Gasteiger partial charge in [0.05, 0.1) is 0 Å². The van der Waals surface area contributed by atoms with E-state index in [0.29, 0.717) is 18.9 Å². The summed E-state index contributed by atoms with van der Waals surface area (Å²) in [6.07, 6.45) is -4.47. The van der Waals surface area contributed by atoms with E-state index in [9.17, 15) is 13.2 Å². The minimum atomic E-state index is -4.47. The van der Waals surface area contributed by atoms with Crippen LogP contribution >= 0.6 is 0 Å². The number of anilines is 2. The number of hydrogen-bond acceptors (Lipinski definition) is 4. The molecule has 0 radical (unpaired) electrons. The largest absolute Gasteiger partial charge is 0.435 e. The number of halogens is 3. The van der Waals surface area contributed by atoms with Crippen LogP contribution in [-0.4, -0.2) is 23.3 Å². The lowest BCUT2D eigenvalue weighted by Crippen LogP contribution is -2.16. The van der Waals surface area contributed by atoms with Crippen LogP contribution in [0.4, 0.5) is 24.7 Å². The third-order valence-electron chi connectivity index (χ3n) is 3.49. The molecule has 4 nitrogen and oxygen atoms in total. The predicted octanol–water partition coefficient (Wildman–Crippen LogP) is 4.17. The van der Waals surface area contributed by atoms with Crippen molar-refractivity contribution in [3.8, 4) is 0 Å². The summed E-state index contributed by atoms with van der Waals surface area (Å²) in [5.74, 6) is 0.308. The van der Waals surface area contributed by atoms with Gasteiger partial charge in [-0.25, -0.2) is 0 Å². The molecule has 0 spiro atoms. The molecule has 0 amide bonds. The Kier molecular flexibility index (Phi) is 4.50. The summed E-state index contributed by atoms with van der Waals surface area (Å²) < 4.78 is 37.2. The maximum Gasteiger partial charge on any atom is 0.435 e. The fourth-order valence-corrected chi connectivity index (χ4v) is 2.35. The molecule has 0 bridgehead atoms. The van der Waals surface area contributed by atoms with E-state index < -0.39 is 11.9 Å². The van der Waals surface area contributed by atoms with E-state index in [1.165, 1.54) is 6.07 Å². The monoisotopic (exact) mass is 332 g/mol. The second-order valence-electron chi connectivity index (χ2n) is 5.18. The van der Waals surface area contributed by atoms with Crippen molar-refractivity contribution < 1.29 is 13.2 Å². The zero-order valence-electron chi connectivity index (χ0n) is 12.6. The lowest BCUT2D eigenvalue weighted by atomic mass is 10.1. The van der Waals surface area contributed by atoms with E-state index in [2.05, 4.69) is 20.8 Å². The molecule has 2 N–H and O–H groups in total. The van der Waals surface area contributed by atoms with Gasteiger partial charge in [0.15, 0.2) is 5.69 Å². The van der Waals surface area contributed by atoms with E-state index in [1.807, 2.05) is 42.5 Å². The van der Waals surface area contributed by atoms with E-state index in [4.69, 9.17) is 0 Å². The van der Waals surface area contributed by atoms with Gasteiger partial charge in [0, 0.05) is 24.2 Å². The minimum Gasteiger partial charge on any atom is -0.383 e. The highest BCUT2D eigenvalue weighted by Crippen LogP contribution is 2.27. The van der Waals surface area contributed by atoms with Gasteiger partial charge < -0.3 is 10.6 Å². The standard InChI is InChI=1S/C17H15F3N4/c18-17(19,20)15-8-9-16(24-23-15)22-11-10-21-14-7-3-5-12-4-1-2-6-13(12)14/h1-9,21H,10-11H2,(H,22,24). The average Bonchev–Trinajstić information content (AvgIpc) is 2.58. The quantitative estimate of drug-likeness (QED) is 0.689. The molecule has 24 heavy (non-hydrogen) atoms. The minimum absolute atomic E-state index is 0.308. The van der Waals surface area contributed by atoms with Crippen LogP contribution < -0.4 is 10.6 Å². The average molecular weight is 332 g/mol. The highest BCUT2D eigenvalue weighted by atomic mass is 19.4. The lowest BCUT2D eigenvalue weighted by Gasteiger charge is -2.11. The number of alkyl halides is 3. The second-order valence-corrected chi connectivity index (χ2v) is 5.18. The maximum atomic E-state index is 12.4. The molecule has 0 fully saturated rings. The first-order valence-corrected chi connectivity index (χ1v) is 7.40. The van der Waals surface area contributed by atoms with Gasteiger partial charge in [-0.05, 0) is 23.6 Å². The molecule has 0 atom stereocenters. The van der Waals surface area contributed by atoms with Gasteiger partial charge in [-0.2, -0.15) is 13.2 Å². The van der Waals surface area contributed by atoms with Crippen LogP contribution in [0.2, 0.25) is 0 Å². The molecule has 0 saturated heterocycles. The SMILES string of the molecule is FC(F)(F)c1ccc(NCCNc2cccc3ccccc23)nn1. The number of rotatable bonds is 5. The Labute approximate surface area is 136 Å². The van der Waals surface area contributed by atoms with Crippen molar-refractivity contribution >= 4 is 22.3 Å². The summed E-state index contributed by atoms with van der Waals surface area (Å²) >= 11 is 0. The lowest BCUT2D eigenvalue weighted by molar-refractivity contribution is -0.141. The maximum absolute atomic E-state index is 12.4. The van der Waals surface area contributed by atoms with Gasteiger partial charge in [0.1, 0.15) is 5.82 Å². The summed E-state index contributed by atoms with van der Waals surface area (Å²) in [7, 11) is 0. The molecule has 0 aliphatic heterocycles. The molecular formula is C17H15F3N4. The van der Waals surface area contributed by atoms with Gasteiger partial charge in [-0.1, -0.05) is 36.4 Å². The summed E-state index contributed by atoms with van der Waals surface area (Å²) in [6.45, 7) is 1.10. The van der Waals surface area contributed by atoms with Crippen molar-refractivity contribution in [2.24, 2.45) is 0 Å². The van der Waals surface area contributed by atoms with Crippen molar-refractivity contribution in [2.75, 3.05) is 23.7 Å². The van der Waals surface area contributed by atoms with Crippen molar-refractivity contribution in [1.29, 1.82) is 0 Å². The van der Waals surface area contributed by atoms with E-state index in [0.717, 1.165) is 22.5 Å². The van der Waals surface area contributed by atoms with Gasteiger partial charge in [-0.15, -0.1) is 10.2 Å². The Bertz CT molecular complexity index is 811. The first-order chi connectivity index (χ1) is 11.5. The van der Waals surface area contributed by atoms with Gasteiger partial charge >= 0.3 is 6.18 Å². The molecule has 2 aromatic carbocycles. The van der Waals surface area contributed by atoms with Gasteiger partial charge in [0.25, 0.3) is 0 Å². The summed E-state index contributed by atoms with van der Waals surface area (Å²) in [5, 5.41) is 15.2. The zero-order valence-corrected chi connectivity index (χ0v) is 12.6. The van der Waals surface area contributed by atoms with E-state index >= 15 is 0 Å². The Morgan fingerprint density at radius 1 is 0.792 bits per heavy atom. The highest BCUT2D eigenvalue weighted by Gasteiger charge is 2.32. The fourth-order valence-electron chi connectivity index (χ4n) is 2.35. The first kappa shape index (κ1) is 16.0. The van der Waals surface area contributed by atoms with Crippen LogP contribution in [0.1, 0.15) is 5.69 Å². The molecule has 1 heterocycles. The number of nitrogens with zero attached hydrogens (tertiary/aromatic N) is 2. The van der Waals surface area contributed by atoms with E-state index in [1.54, 1.807) is 0 Å². The number of fused-ring (bicyclic) bond motifs is 1. The number of benzene rings is 2. The molecular weight excluding hydrogens is 317 g/mol. The van der Waals surface area contributed by atoms with Crippen LogP contribution in [0.15, 0.2) is 54.6 Å². The Balaban J connectivity index is 1.55. The van der Waals surface area contributed by atoms with Gasteiger partial charge in [0.2, 0.25) is 0 Å². The topological polar surface area (TPSA) is 49.8 Å². The van der Waals surface area contributed by atoms with Gasteiger partial charge in [-0.3, -0.25) is 0 Å². The third kappa shape index (κ3) is 3.73. The van der Waals surface area contributed by atoms with Crippen molar-refractivity contribution in [1.82, 2.24) is 10.2 Å². The number of nitrogens with one attached hydrogen (secondary N) is 2. The Hall–Kier alpha value is -2.83. The smallest absolute Gasteiger partial charge is 0.383 e. The molecule has 0 aliphatic rings. The molecule has 0 unspecified atom stereocenters. The first-order valence-electron chi connectivity index (χ1n) is 7.40. The third-order valence-corrected chi connectivity index (χ3v) is 3.49. The van der Waals surface area contributed by atoms with Crippen LogP contribution in [-0.2, 0) is 6.18 Å². The summed E-state index contributed by atoms with van der Waals surface area (Å²) in [4.78, 5) is 0. The second kappa shape index (κ2) is 6.74. The summed E-state index contributed by atoms with van der Waals surface area (Å²) in [5.41, 5.74) is 0.00957. The summed E-state index contributed by atoms with van der Waals surface area (Å²) in [6, 6.07) is 16.2. The van der Waals surface area contributed by atoms with Crippen LogP contribution in [0, 0.1) is 0 Å². The molecule has 1 aromatic heterocycles. The van der Waals surface area contributed by atoms with Crippen molar-refractivity contribution in [3.63, 3.8) is 0 Å². The highest BCUT2D eigenvalue weighted by molar-refractivity contribution is 5.93. The molecule has 3 rings (SSSR count). The fraction of sp³-hybridized carbons (Fsp3) is 0.176. The van der Waals surface area contributed by atoms with Crippen LogP contribution in [0.3, 0.4) is 0 Å². The molecule has 7 heteroatoms. The van der Waals surface area contributed by atoms with E-state index in [-0.39, 0.29) is 0 Å². The Morgan fingerprint density at radius 3 is 2.29 bits per heavy atom. The van der Waals surface area contributed by atoms with Crippen molar-refractivity contribution in [2.45, 2.75) is 6.18 Å². The number of hydrogen-bond donors (Lipinski definition) is 2.